The predicted octanol–water partition coefficient (Wildman–Crippen LogP) is 5.19. The first-order valence-corrected chi connectivity index (χ1v) is 7.91. The second-order valence-corrected chi connectivity index (χ2v) is 5.72. The number of rotatable bonds is 4. The molecule has 0 radical (unpaired) electrons. The highest BCUT2D eigenvalue weighted by molar-refractivity contribution is 6.05. The molecule has 0 bridgehead atoms. The Bertz CT molecular complexity index is 1010. The van der Waals surface area contributed by atoms with E-state index in [-0.39, 0.29) is 0 Å². The van der Waals surface area contributed by atoms with Gasteiger partial charge in [0.2, 0.25) is 0 Å². The van der Waals surface area contributed by atoms with Crippen LogP contribution in [-0.2, 0) is 6.42 Å². The average molecular weight is 318 g/mol. The first kappa shape index (κ1) is 14.6. The molecule has 0 unspecified atom stereocenters. The maximum absolute atomic E-state index is 6.11. The van der Waals surface area contributed by atoms with Gasteiger partial charge >= 0.3 is 0 Å². The first-order chi connectivity index (χ1) is 11.8. The van der Waals surface area contributed by atoms with Crippen LogP contribution in [0.25, 0.3) is 21.9 Å². The highest BCUT2D eigenvalue weighted by Gasteiger charge is 2.14. The van der Waals surface area contributed by atoms with Gasteiger partial charge in [-0.15, -0.1) is 0 Å². The van der Waals surface area contributed by atoms with Crippen LogP contribution in [0.15, 0.2) is 65.1 Å². The van der Waals surface area contributed by atoms with Crippen LogP contribution < -0.4 is 9.47 Å². The quantitative estimate of drug-likeness (QED) is 0.518. The highest BCUT2D eigenvalue weighted by Crippen LogP contribution is 2.35. The fourth-order valence-electron chi connectivity index (χ4n) is 3.24. The van der Waals surface area contributed by atoms with Crippen molar-refractivity contribution in [1.29, 1.82) is 0 Å². The predicted molar refractivity (Wildman–Crippen MR) is 96.1 cm³/mol. The second kappa shape index (κ2) is 5.93. The summed E-state index contributed by atoms with van der Waals surface area (Å²) in [4.78, 5) is 0. The third-order valence-corrected chi connectivity index (χ3v) is 4.35. The molecule has 0 spiro atoms. The molecule has 3 aromatic carbocycles. The summed E-state index contributed by atoms with van der Waals surface area (Å²) in [7, 11) is 3.32. The second-order valence-electron chi connectivity index (χ2n) is 5.72. The summed E-state index contributed by atoms with van der Waals surface area (Å²) in [5.41, 5.74) is 4.06. The van der Waals surface area contributed by atoms with Gasteiger partial charge in [0.15, 0.2) is 11.5 Å². The molecule has 4 rings (SSSR count). The lowest BCUT2D eigenvalue weighted by atomic mass is 10.0. The lowest BCUT2D eigenvalue weighted by Gasteiger charge is -2.12. The summed E-state index contributed by atoms with van der Waals surface area (Å²) in [5.74, 6) is 1.51. The molecule has 0 fully saturated rings. The highest BCUT2D eigenvalue weighted by atomic mass is 16.5. The fourth-order valence-corrected chi connectivity index (χ4v) is 3.24. The fraction of sp³-hybridized carbons (Fsp3) is 0.143. The zero-order valence-electron chi connectivity index (χ0n) is 13.7. The molecule has 0 aliphatic rings. The topological polar surface area (TPSA) is 31.6 Å². The normalized spacial score (nSPS) is 11.1. The van der Waals surface area contributed by atoms with E-state index in [1.54, 1.807) is 14.2 Å². The molecule has 4 aromatic rings. The summed E-state index contributed by atoms with van der Waals surface area (Å²) in [5, 5.41) is 2.29. The lowest BCUT2D eigenvalue weighted by Crippen LogP contribution is -1.97. The maximum Gasteiger partial charge on any atom is 0.164 e. The van der Waals surface area contributed by atoms with Crippen molar-refractivity contribution >= 4 is 21.9 Å². The Labute approximate surface area is 140 Å². The molecular weight excluding hydrogens is 300 g/mol. The van der Waals surface area contributed by atoms with Crippen LogP contribution >= 0.6 is 0 Å². The van der Waals surface area contributed by atoms with Crippen LogP contribution in [0.3, 0.4) is 0 Å². The molecule has 0 amide bonds. The summed E-state index contributed by atoms with van der Waals surface area (Å²) in [6.45, 7) is 0. The molecule has 3 nitrogen and oxygen atoms in total. The Morgan fingerprint density at radius 2 is 1.50 bits per heavy atom. The summed E-state index contributed by atoms with van der Waals surface area (Å²) < 4.78 is 17.1. The monoisotopic (exact) mass is 318 g/mol. The van der Waals surface area contributed by atoms with E-state index in [0.29, 0.717) is 0 Å². The standard InChI is InChI=1S/C21H18O3/c1-22-19-12-6-8-15(21(19)23-2)13-14-7-5-10-17-16-9-3-4-11-18(16)24-20(14)17/h3-12H,13H2,1-2H3. The molecule has 0 saturated carbocycles. The van der Waals surface area contributed by atoms with Gasteiger partial charge in [0.25, 0.3) is 0 Å². The van der Waals surface area contributed by atoms with Gasteiger partial charge in [-0.3, -0.25) is 0 Å². The maximum atomic E-state index is 6.11. The van der Waals surface area contributed by atoms with Crippen molar-refractivity contribution in [2.45, 2.75) is 6.42 Å². The van der Waals surface area contributed by atoms with Gasteiger partial charge in [-0.25, -0.2) is 0 Å². The molecule has 1 heterocycles. The minimum absolute atomic E-state index is 0.720. The Morgan fingerprint density at radius 1 is 0.750 bits per heavy atom. The molecular formula is C21H18O3. The van der Waals surface area contributed by atoms with Crippen molar-refractivity contribution < 1.29 is 13.9 Å². The number of furan rings is 1. The van der Waals surface area contributed by atoms with Crippen LogP contribution in [0.2, 0.25) is 0 Å². The van der Waals surface area contributed by atoms with Crippen molar-refractivity contribution in [2.75, 3.05) is 14.2 Å². The number of hydrogen-bond donors (Lipinski definition) is 0. The van der Waals surface area contributed by atoms with E-state index >= 15 is 0 Å². The van der Waals surface area contributed by atoms with E-state index < -0.39 is 0 Å². The smallest absolute Gasteiger partial charge is 0.164 e. The molecule has 0 aliphatic heterocycles. The number of ether oxygens (including phenoxy) is 2. The minimum Gasteiger partial charge on any atom is -0.493 e. The molecule has 0 atom stereocenters. The Hall–Kier alpha value is -2.94. The molecule has 1 aromatic heterocycles. The van der Waals surface area contributed by atoms with Gasteiger partial charge in [-0.1, -0.05) is 48.5 Å². The largest absolute Gasteiger partial charge is 0.493 e. The van der Waals surface area contributed by atoms with Crippen LogP contribution in [0.4, 0.5) is 0 Å². The van der Waals surface area contributed by atoms with E-state index in [2.05, 4.69) is 30.3 Å². The minimum atomic E-state index is 0.720. The number of benzene rings is 3. The summed E-state index contributed by atoms with van der Waals surface area (Å²) >= 11 is 0. The summed E-state index contributed by atoms with van der Waals surface area (Å²) in [6, 6.07) is 20.4. The van der Waals surface area contributed by atoms with Crippen LogP contribution in [0, 0.1) is 0 Å². The van der Waals surface area contributed by atoms with Crippen LogP contribution in [0.1, 0.15) is 11.1 Å². The molecule has 0 N–H and O–H groups in total. The summed E-state index contributed by atoms with van der Waals surface area (Å²) in [6.07, 6.45) is 0.720. The number of para-hydroxylation sites is 3. The van der Waals surface area contributed by atoms with Gasteiger partial charge < -0.3 is 13.9 Å². The molecule has 24 heavy (non-hydrogen) atoms. The number of methoxy groups -OCH3 is 2. The van der Waals surface area contributed by atoms with Crippen LogP contribution in [0.5, 0.6) is 11.5 Å². The Balaban J connectivity index is 1.86. The third-order valence-electron chi connectivity index (χ3n) is 4.35. The van der Waals surface area contributed by atoms with Gasteiger partial charge in [-0.2, -0.15) is 0 Å². The van der Waals surface area contributed by atoms with E-state index in [0.717, 1.165) is 51.0 Å². The van der Waals surface area contributed by atoms with Crippen molar-refractivity contribution in [1.82, 2.24) is 0 Å². The van der Waals surface area contributed by atoms with Crippen molar-refractivity contribution in [3.63, 3.8) is 0 Å². The molecule has 3 heteroatoms. The third kappa shape index (κ3) is 2.29. The lowest BCUT2D eigenvalue weighted by molar-refractivity contribution is 0.352. The van der Waals surface area contributed by atoms with E-state index in [1.165, 1.54) is 0 Å². The molecule has 0 aliphatic carbocycles. The first-order valence-electron chi connectivity index (χ1n) is 7.91. The zero-order valence-corrected chi connectivity index (χ0v) is 13.7. The SMILES string of the molecule is COc1cccc(Cc2cccc3c2oc2ccccc23)c1OC. The average Bonchev–Trinajstić information content (AvgIpc) is 3.01. The van der Waals surface area contributed by atoms with E-state index in [1.807, 2.05) is 30.3 Å². The Morgan fingerprint density at radius 3 is 2.33 bits per heavy atom. The zero-order chi connectivity index (χ0) is 16.5. The Kier molecular flexibility index (Phi) is 3.62. The van der Waals surface area contributed by atoms with Crippen molar-refractivity contribution in [2.24, 2.45) is 0 Å². The molecule has 0 saturated heterocycles. The van der Waals surface area contributed by atoms with Gasteiger partial charge in [-0.05, 0) is 17.7 Å². The van der Waals surface area contributed by atoms with Crippen molar-refractivity contribution in [3.05, 3.63) is 71.8 Å². The van der Waals surface area contributed by atoms with Crippen molar-refractivity contribution in [3.8, 4) is 11.5 Å². The molecule has 120 valence electrons. The van der Waals surface area contributed by atoms with E-state index in [9.17, 15) is 0 Å². The number of fused-ring (bicyclic) bond motifs is 3. The van der Waals surface area contributed by atoms with Gasteiger partial charge in [0, 0.05) is 22.8 Å². The van der Waals surface area contributed by atoms with E-state index in [4.69, 9.17) is 13.9 Å². The number of hydrogen-bond acceptors (Lipinski definition) is 3. The van der Waals surface area contributed by atoms with Gasteiger partial charge in [0.1, 0.15) is 11.2 Å². The van der Waals surface area contributed by atoms with Gasteiger partial charge in [0.05, 0.1) is 14.2 Å². The van der Waals surface area contributed by atoms with Crippen LogP contribution in [-0.4, -0.2) is 14.2 Å².